The van der Waals surface area contributed by atoms with Crippen molar-refractivity contribution in [2.75, 3.05) is 19.2 Å². The van der Waals surface area contributed by atoms with E-state index in [1.807, 2.05) is 44.2 Å². The Morgan fingerprint density at radius 3 is 2.62 bits per heavy atom. The minimum Gasteiger partial charge on any atom is -0.493 e. The topological polar surface area (TPSA) is 66.0 Å². The molecule has 1 atom stereocenters. The van der Waals surface area contributed by atoms with E-state index in [0.29, 0.717) is 29.4 Å². The van der Waals surface area contributed by atoms with Crippen LogP contribution >= 0.6 is 0 Å². The molecule has 136 valence electrons. The zero-order valence-electron chi connectivity index (χ0n) is 15.0. The monoisotopic (exact) mass is 355 g/mol. The zero-order valence-corrected chi connectivity index (χ0v) is 15.0. The van der Waals surface area contributed by atoms with Crippen molar-refractivity contribution in [2.24, 2.45) is 0 Å². The first-order chi connectivity index (χ1) is 12.5. The fraction of sp³-hybridized carbons (Fsp3) is 0.350. The number of amides is 1. The molecule has 1 unspecified atom stereocenters. The van der Waals surface area contributed by atoms with E-state index in [1.165, 1.54) is 0 Å². The van der Waals surface area contributed by atoms with Gasteiger partial charge in [0.15, 0.2) is 23.0 Å². The van der Waals surface area contributed by atoms with E-state index in [9.17, 15) is 4.79 Å². The molecule has 2 aromatic carbocycles. The van der Waals surface area contributed by atoms with Gasteiger partial charge in [-0.1, -0.05) is 6.07 Å². The largest absolute Gasteiger partial charge is 0.493 e. The van der Waals surface area contributed by atoms with Crippen LogP contribution < -0.4 is 24.3 Å². The molecule has 0 fully saturated rings. The summed E-state index contributed by atoms with van der Waals surface area (Å²) in [6.45, 7) is 4.14. The zero-order chi connectivity index (χ0) is 18.3. The molecule has 2 heterocycles. The Morgan fingerprint density at radius 2 is 1.88 bits per heavy atom. The highest BCUT2D eigenvalue weighted by Gasteiger charge is 2.30. The van der Waals surface area contributed by atoms with Crippen LogP contribution in [-0.2, 0) is 4.79 Å². The summed E-state index contributed by atoms with van der Waals surface area (Å²) in [5.41, 5.74) is 2.76. The van der Waals surface area contributed by atoms with Gasteiger partial charge in [0.2, 0.25) is 12.7 Å². The quantitative estimate of drug-likeness (QED) is 0.906. The standard InChI is InChI=1S/C20H21NO5/c1-11(2)26-16-5-4-12(6-17(16)23-3)13-8-20(22)21-15-9-19-18(7-14(13)15)24-10-25-19/h4-7,9,11,13H,8,10H2,1-3H3,(H,21,22). The lowest BCUT2D eigenvalue weighted by atomic mass is 9.84. The van der Waals surface area contributed by atoms with E-state index in [4.69, 9.17) is 18.9 Å². The van der Waals surface area contributed by atoms with Gasteiger partial charge in [0, 0.05) is 24.1 Å². The second kappa shape index (κ2) is 6.44. The molecule has 2 aliphatic heterocycles. The molecule has 1 N–H and O–H groups in total. The summed E-state index contributed by atoms with van der Waals surface area (Å²) in [6, 6.07) is 9.60. The molecule has 2 aliphatic rings. The number of nitrogens with one attached hydrogen (secondary N) is 1. The van der Waals surface area contributed by atoms with Gasteiger partial charge in [-0.2, -0.15) is 0 Å². The van der Waals surface area contributed by atoms with Crippen LogP contribution in [-0.4, -0.2) is 25.9 Å². The maximum atomic E-state index is 12.2. The van der Waals surface area contributed by atoms with E-state index >= 15 is 0 Å². The van der Waals surface area contributed by atoms with Gasteiger partial charge in [0.1, 0.15) is 0 Å². The van der Waals surface area contributed by atoms with Gasteiger partial charge in [0.25, 0.3) is 0 Å². The molecular formula is C20H21NO5. The van der Waals surface area contributed by atoms with Crippen molar-refractivity contribution in [3.05, 3.63) is 41.5 Å². The third-order valence-electron chi connectivity index (χ3n) is 4.54. The number of ether oxygens (including phenoxy) is 4. The molecule has 0 aromatic heterocycles. The Labute approximate surface area is 152 Å². The van der Waals surface area contributed by atoms with Gasteiger partial charge in [-0.3, -0.25) is 4.79 Å². The van der Waals surface area contributed by atoms with E-state index in [0.717, 1.165) is 16.8 Å². The molecule has 6 nitrogen and oxygen atoms in total. The van der Waals surface area contributed by atoms with Gasteiger partial charge in [0.05, 0.1) is 13.2 Å². The maximum Gasteiger partial charge on any atom is 0.231 e. The van der Waals surface area contributed by atoms with Gasteiger partial charge in [-0.25, -0.2) is 0 Å². The third-order valence-corrected chi connectivity index (χ3v) is 4.54. The van der Waals surface area contributed by atoms with Gasteiger partial charge < -0.3 is 24.3 Å². The Morgan fingerprint density at radius 1 is 1.12 bits per heavy atom. The fourth-order valence-corrected chi connectivity index (χ4v) is 3.40. The first kappa shape index (κ1) is 16.6. The first-order valence-electron chi connectivity index (χ1n) is 8.63. The van der Waals surface area contributed by atoms with Crippen LogP contribution in [0.25, 0.3) is 0 Å². The van der Waals surface area contributed by atoms with Crippen molar-refractivity contribution in [1.29, 1.82) is 0 Å². The Hall–Kier alpha value is -2.89. The molecule has 0 saturated heterocycles. The number of fused-ring (bicyclic) bond motifs is 2. The second-order valence-electron chi connectivity index (χ2n) is 6.67. The average molecular weight is 355 g/mol. The van der Waals surface area contributed by atoms with Crippen molar-refractivity contribution >= 4 is 11.6 Å². The van der Waals surface area contributed by atoms with E-state index < -0.39 is 0 Å². The second-order valence-corrected chi connectivity index (χ2v) is 6.67. The van der Waals surface area contributed by atoms with E-state index in [2.05, 4.69) is 5.32 Å². The summed E-state index contributed by atoms with van der Waals surface area (Å²) < 4.78 is 22.2. The highest BCUT2D eigenvalue weighted by molar-refractivity contribution is 5.96. The molecule has 6 heteroatoms. The van der Waals surface area contributed by atoms with Crippen LogP contribution in [0.4, 0.5) is 5.69 Å². The van der Waals surface area contributed by atoms with Crippen molar-refractivity contribution < 1.29 is 23.7 Å². The molecule has 1 amide bonds. The number of carbonyl (C=O) groups is 1. The van der Waals surface area contributed by atoms with Crippen LogP contribution in [0.3, 0.4) is 0 Å². The van der Waals surface area contributed by atoms with Crippen LogP contribution in [0.2, 0.25) is 0 Å². The Bertz CT molecular complexity index is 862. The normalized spacial score (nSPS) is 17.7. The predicted octanol–water partition coefficient (Wildman–Crippen LogP) is 3.69. The summed E-state index contributed by atoms with van der Waals surface area (Å²) in [4.78, 5) is 12.2. The van der Waals surface area contributed by atoms with Crippen molar-refractivity contribution in [3.63, 3.8) is 0 Å². The Kier molecular flexibility index (Phi) is 4.11. The van der Waals surface area contributed by atoms with Crippen LogP contribution in [0.1, 0.15) is 37.3 Å². The molecule has 0 saturated carbocycles. The van der Waals surface area contributed by atoms with Crippen LogP contribution in [0.15, 0.2) is 30.3 Å². The molecule has 0 bridgehead atoms. The Balaban J connectivity index is 1.75. The lowest BCUT2D eigenvalue weighted by Gasteiger charge is -2.27. The highest BCUT2D eigenvalue weighted by atomic mass is 16.7. The lowest BCUT2D eigenvalue weighted by Crippen LogP contribution is -2.23. The number of anilines is 1. The SMILES string of the molecule is COc1cc(C2CC(=O)Nc3cc4c(cc32)OCO4)ccc1OC(C)C. The molecule has 2 aromatic rings. The lowest BCUT2D eigenvalue weighted by molar-refractivity contribution is -0.116. The number of hydrogen-bond donors (Lipinski definition) is 1. The molecule has 0 spiro atoms. The van der Waals surface area contributed by atoms with Crippen molar-refractivity contribution in [3.8, 4) is 23.0 Å². The number of benzene rings is 2. The molecule has 26 heavy (non-hydrogen) atoms. The van der Waals surface area contributed by atoms with Gasteiger partial charge in [-0.15, -0.1) is 0 Å². The molecular weight excluding hydrogens is 334 g/mol. The van der Waals surface area contributed by atoms with Crippen molar-refractivity contribution in [2.45, 2.75) is 32.3 Å². The molecule has 0 aliphatic carbocycles. The highest BCUT2D eigenvalue weighted by Crippen LogP contribution is 2.45. The summed E-state index contributed by atoms with van der Waals surface area (Å²) in [7, 11) is 1.62. The average Bonchev–Trinajstić information content (AvgIpc) is 3.06. The molecule has 4 rings (SSSR count). The third kappa shape index (κ3) is 2.92. The molecule has 0 radical (unpaired) electrons. The summed E-state index contributed by atoms with van der Waals surface area (Å²) in [6.07, 6.45) is 0.413. The number of hydrogen-bond acceptors (Lipinski definition) is 5. The van der Waals surface area contributed by atoms with E-state index in [1.54, 1.807) is 7.11 Å². The predicted molar refractivity (Wildman–Crippen MR) is 96.4 cm³/mol. The summed E-state index contributed by atoms with van der Waals surface area (Å²) >= 11 is 0. The van der Waals surface area contributed by atoms with Gasteiger partial charge >= 0.3 is 0 Å². The van der Waals surface area contributed by atoms with Crippen LogP contribution in [0.5, 0.6) is 23.0 Å². The van der Waals surface area contributed by atoms with E-state index in [-0.39, 0.29) is 24.7 Å². The minimum absolute atomic E-state index is 0.0251. The minimum atomic E-state index is -0.0877. The number of rotatable bonds is 4. The smallest absolute Gasteiger partial charge is 0.231 e. The van der Waals surface area contributed by atoms with Crippen molar-refractivity contribution in [1.82, 2.24) is 0 Å². The fourth-order valence-electron chi connectivity index (χ4n) is 3.40. The summed E-state index contributed by atoms with van der Waals surface area (Å²) in [5.74, 6) is 2.60. The number of carbonyl (C=O) groups excluding carboxylic acids is 1. The maximum absolute atomic E-state index is 12.2. The van der Waals surface area contributed by atoms with Gasteiger partial charge in [-0.05, 0) is 43.2 Å². The first-order valence-corrected chi connectivity index (χ1v) is 8.63. The summed E-state index contributed by atoms with van der Waals surface area (Å²) in [5, 5.41) is 2.92. The van der Waals surface area contributed by atoms with Crippen LogP contribution in [0, 0.1) is 0 Å². The number of methoxy groups -OCH3 is 1.